The summed E-state index contributed by atoms with van der Waals surface area (Å²) < 4.78 is 33.8. The molecule has 1 aliphatic rings. The third kappa shape index (κ3) is 8.09. The molecule has 0 aromatic heterocycles. The lowest BCUT2D eigenvalue weighted by Crippen LogP contribution is -2.51. The largest absolute Gasteiger partial charge is 0.375 e. The molecule has 1 saturated heterocycles. The van der Waals surface area contributed by atoms with Crippen LogP contribution in [-0.4, -0.2) is 52.2 Å². The predicted molar refractivity (Wildman–Crippen MR) is 169 cm³/mol. The van der Waals surface area contributed by atoms with Crippen molar-refractivity contribution < 1.29 is 17.9 Å². The van der Waals surface area contributed by atoms with Crippen molar-refractivity contribution in [2.24, 2.45) is 5.73 Å². The van der Waals surface area contributed by atoms with E-state index in [1.54, 1.807) is 30.3 Å². The highest BCUT2D eigenvalue weighted by Gasteiger charge is 2.30. The van der Waals surface area contributed by atoms with Gasteiger partial charge in [0, 0.05) is 30.7 Å². The Bertz CT molecular complexity index is 1520. The number of sulfonamides is 1. The number of benzene rings is 4. The van der Waals surface area contributed by atoms with E-state index in [1.165, 1.54) is 0 Å². The molecule has 1 aliphatic heterocycles. The van der Waals surface area contributed by atoms with Crippen molar-refractivity contribution in [1.29, 1.82) is 0 Å². The number of amides is 1. The fraction of sp³-hybridized carbons (Fsp3) is 0.265. The third-order valence-corrected chi connectivity index (χ3v) is 9.20. The molecule has 224 valence electrons. The van der Waals surface area contributed by atoms with Crippen LogP contribution in [0.3, 0.4) is 0 Å². The van der Waals surface area contributed by atoms with Gasteiger partial charge in [-0.2, -0.15) is 0 Å². The number of carbonyl (C=O) groups is 1. The van der Waals surface area contributed by atoms with Gasteiger partial charge in [0.1, 0.15) is 6.04 Å². The van der Waals surface area contributed by atoms with Crippen LogP contribution in [0.15, 0.2) is 120 Å². The Balaban J connectivity index is 1.20. The molecule has 3 atom stereocenters. The second-order valence-electron chi connectivity index (χ2n) is 10.7. The summed E-state index contributed by atoms with van der Waals surface area (Å²) >= 11 is 0. The van der Waals surface area contributed by atoms with Crippen molar-refractivity contribution in [1.82, 2.24) is 10.0 Å². The fourth-order valence-electron chi connectivity index (χ4n) is 5.46. The van der Waals surface area contributed by atoms with Gasteiger partial charge in [0.2, 0.25) is 15.9 Å². The number of morpholine rings is 1. The molecule has 8 nitrogen and oxygen atoms in total. The van der Waals surface area contributed by atoms with E-state index in [2.05, 4.69) is 21.4 Å². The van der Waals surface area contributed by atoms with Crippen LogP contribution < -0.4 is 21.1 Å². The van der Waals surface area contributed by atoms with Crippen molar-refractivity contribution in [2.45, 2.75) is 41.8 Å². The van der Waals surface area contributed by atoms with Crippen molar-refractivity contribution >= 4 is 21.6 Å². The number of carbonyl (C=O) groups excluding carboxylic acids is 1. The van der Waals surface area contributed by atoms with Crippen molar-refractivity contribution in [2.75, 3.05) is 25.0 Å². The van der Waals surface area contributed by atoms with Crippen LogP contribution in [0.25, 0.3) is 0 Å². The molecular formula is C34H38N4O4S. The summed E-state index contributed by atoms with van der Waals surface area (Å²) in [5.74, 6) is -0.698. The first kappa shape index (κ1) is 30.4. The minimum Gasteiger partial charge on any atom is -0.375 e. The minimum atomic E-state index is -3.57. The summed E-state index contributed by atoms with van der Waals surface area (Å²) in [6.45, 7) is 1.26. The van der Waals surface area contributed by atoms with Crippen LogP contribution in [0, 0.1) is 0 Å². The maximum absolute atomic E-state index is 12.9. The summed E-state index contributed by atoms with van der Waals surface area (Å²) in [5, 5.41) is 6.90. The molecule has 1 amide bonds. The number of ether oxygens (including phenoxy) is 1. The first-order valence-electron chi connectivity index (χ1n) is 14.5. The molecule has 9 heteroatoms. The van der Waals surface area contributed by atoms with E-state index < -0.39 is 22.0 Å². The minimum absolute atomic E-state index is 0.0247. The number of nitrogens with one attached hydrogen (secondary N) is 3. The Morgan fingerprint density at radius 1 is 0.860 bits per heavy atom. The number of nitrogens with two attached hydrogens (primary N) is 1. The standard InChI is InChI=1S/C34H38N4O4S/c35-34(39)33(32(26-13-4-1-5-14-26)27-15-6-2-7-16-27)38-31-19-11-10-12-25(31)20-21-29-23-36-28(24-42-29)22-37-43(40,41)30-17-8-3-9-18-30/h1-19,28-29,32-33,36-38H,20-24H2,(H2,35,39)/t28-,29-,33+/m1/s1. The second kappa shape index (κ2) is 14.4. The number of hydrogen-bond acceptors (Lipinski definition) is 6. The second-order valence-corrected chi connectivity index (χ2v) is 12.5. The maximum atomic E-state index is 12.9. The smallest absolute Gasteiger partial charge is 0.240 e. The molecule has 0 aliphatic carbocycles. The van der Waals surface area contributed by atoms with Crippen molar-refractivity contribution in [3.63, 3.8) is 0 Å². The molecular weight excluding hydrogens is 560 g/mol. The Labute approximate surface area is 253 Å². The van der Waals surface area contributed by atoms with Crippen LogP contribution in [-0.2, 0) is 26.0 Å². The monoisotopic (exact) mass is 598 g/mol. The van der Waals surface area contributed by atoms with Crippen LogP contribution in [0.5, 0.6) is 0 Å². The van der Waals surface area contributed by atoms with Gasteiger partial charge in [0.05, 0.1) is 17.6 Å². The molecule has 0 unspecified atom stereocenters. The quantitative estimate of drug-likeness (QED) is 0.184. The highest BCUT2D eigenvalue weighted by molar-refractivity contribution is 7.89. The van der Waals surface area contributed by atoms with Gasteiger partial charge in [-0.1, -0.05) is 97.1 Å². The molecule has 1 heterocycles. The number of hydrogen-bond donors (Lipinski definition) is 4. The Kier molecular flexibility index (Phi) is 10.2. The van der Waals surface area contributed by atoms with Crippen molar-refractivity contribution in [3.8, 4) is 0 Å². The maximum Gasteiger partial charge on any atom is 0.240 e. The van der Waals surface area contributed by atoms with Crippen LogP contribution in [0.4, 0.5) is 5.69 Å². The molecule has 0 radical (unpaired) electrons. The van der Waals surface area contributed by atoms with Gasteiger partial charge in [-0.3, -0.25) is 4.79 Å². The van der Waals surface area contributed by atoms with Gasteiger partial charge in [0.25, 0.3) is 0 Å². The Hall–Kier alpha value is -4.02. The third-order valence-electron chi connectivity index (χ3n) is 7.76. The lowest BCUT2D eigenvalue weighted by atomic mass is 9.84. The van der Waals surface area contributed by atoms with Crippen LogP contribution in [0.2, 0.25) is 0 Å². The van der Waals surface area contributed by atoms with E-state index in [0.29, 0.717) is 13.2 Å². The van der Waals surface area contributed by atoms with E-state index in [-0.39, 0.29) is 29.5 Å². The topological polar surface area (TPSA) is 123 Å². The molecule has 4 aromatic rings. The fourth-order valence-corrected chi connectivity index (χ4v) is 6.56. The lowest BCUT2D eigenvalue weighted by Gasteiger charge is -2.31. The highest BCUT2D eigenvalue weighted by Crippen LogP contribution is 2.31. The number of para-hydroxylation sites is 1. The zero-order valence-electron chi connectivity index (χ0n) is 23.9. The number of primary amides is 1. The first-order valence-corrected chi connectivity index (χ1v) is 16.0. The zero-order valence-corrected chi connectivity index (χ0v) is 24.7. The van der Waals surface area contributed by atoms with Gasteiger partial charge in [-0.05, 0) is 47.7 Å². The van der Waals surface area contributed by atoms with E-state index in [4.69, 9.17) is 10.5 Å². The number of aryl methyl sites for hydroxylation is 1. The van der Waals surface area contributed by atoms with Gasteiger partial charge < -0.3 is 21.1 Å². The summed E-state index contributed by atoms with van der Waals surface area (Å²) in [6.07, 6.45) is 1.47. The van der Waals surface area contributed by atoms with Gasteiger partial charge in [-0.15, -0.1) is 0 Å². The van der Waals surface area contributed by atoms with E-state index >= 15 is 0 Å². The highest BCUT2D eigenvalue weighted by atomic mass is 32.2. The Morgan fingerprint density at radius 2 is 1.44 bits per heavy atom. The Morgan fingerprint density at radius 3 is 2.02 bits per heavy atom. The molecule has 0 bridgehead atoms. The van der Waals surface area contributed by atoms with Crippen LogP contribution >= 0.6 is 0 Å². The molecule has 5 rings (SSSR count). The van der Waals surface area contributed by atoms with E-state index in [9.17, 15) is 13.2 Å². The predicted octanol–water partition coefficient (Wildman–Crippen LogP) is 4.05. The number of rotatable bonds is 13. The van der Waals surface area contributed by atoms with Crippen LogP contribution in [0.1, 0.15) is 29.0 Å². The van der Waals surface area contributed by atoms with E-state index in [1.807, 2.05) is 78.9 Å². The lowest BCUT2D eigenvalue weighted by molar-refractivity contribution is -0.119. The summed E-state index contributed by atoms with van der Waals surface area (Å²) in [5.41, 5.74) is 9.96. The van der Waals surface area contributed by atoms with Gasteiger partial charge in [-0.25, -0.2) is 13.1 Å². The molecule has 43 heavy (non-hydrogen) atoms. The number of anilines is 1. The normalized spacial score (nSPS) is 17.8. The summed E-state index contributed by atoms with van der Waals surface area (Å²) in [7, 11) is -3.57. The summed E-state index contributed by atoms with van der Waals surface area (Å²) in [6, 6.07) is 35.4. The molecule has 4 aromatic carbocycles. The molecule has 5 N–H and O–H groups in total. The average molecular weight is 599 g/mol. The zero-order chi connectivity index (χ0) is 30.1. The summed E-state index contributed by atoms with van der Waals surface area (Å²) in [4.78, 5) is 13.2. The molecule has 1 fully saturated rings. The molecule has 0 spiro atoms. The van der Waals surface area contributed by atoms with E-state index in [0.717, 1.165) is 35.2 Å². The SMILES string of the molecule is NC(=O)[C@@H](Nc1ccccc1CC[C@@H]1CN[C@H](CNS(=O)(=O)c2ccccc2)CO1)C(c1ccccc1)c1ccccc1. The van der Waals surface area contributed by atoms with Crippen molar-refractivity contribution in [3.05, 3.63) is 132 Å². The average Bonchev–Trinajstić information content (AvgIpc) is 3.05. The molecule has 0 saturated carbocycles. The first-order chi connectivity index (χ1) is 20.9. The van der Waals surface area contributed by atoms with Gasteiger partial charge in [0.15, 0.2) is 0 Å². The van der Waals surface area contributed by atoms with Gasteiger partial charge >= 0.3 is 0 Å².